The molecule has 0 radical (unpaired) electrons. The highest BCUT2D eigenvalue weighted by Gasteiger charge is 2.26. The second-order valence-corrected chi connectivity index (χ2v) is 7.99. The predicted octanol–water partition coefficient (Wildman–Crippen LogP) is 4.45. The Labute approximate surface area is 190 Å². The molecule has 0 bridgehead atoms. The Hall–Kier alpha value is -3.23. The fraction of sp³-hybridized carbons (Fsp3) is 0.261. The lowest BCUT2D eigenvalue weighted by Crippen LogP contribution is -2.37. The smallest absolute Gasteiger partial charge is 0.250 e. The van der Waals surface area contributed by atoms with Crippen LogP contribution in [0.2, 0.25) is 5.02 Å². The van der Waals surface area contributed by atoms with Gasteiger partial charge in [0.15, 0.2) is 5.75 Å². The number of carbonyl (C=O) groups is 1. The van der Waals surface area contributed by atoms with E-state index in [1.807, 2.05) is 32.1 Å². The van der Waals surface area contributed by atoms with Gasteiger partial charge < -0.3 is 20.3 Å². The van der Waals surface area contributed by atoms with E-state index in [4.69, 9.17) is 16.3 Å². The van der Waals surface area contributed by atoms with Crippen LogP contribution in [0.4, 0.5) is 21.6 Å². The van der Waals surface area contributed by atoms with Gasteiger partial charge >= 0.3 is 0 Å². The number of benzene rings is 2. The van der Waals surface area contributed by atoms with E-state index in [-0.39, 0.29) is 10.9 Å². The van der Waals surface area contributed by atoms with Gasteiger partial charge in [-0.15, -0.1) is 0 Å². The van der Waals surface area contributed by atoms with Gasteiger partial charge in [-0.1, -0.05) is 31.5 Å². The van der Waals surface area contributed by atoms with Crippen LogP contribution in [0.15, 0.2) is 48.8 Å². The number of hydrogen-bond donors (Lipinski definition) is 2. The summed E-state index contributed by atoms with van der Waals surface area (Å²) in [4.78, 5) is 23.2. The first-order valence-electron chi connectivity index (χ1n) is 10.3. The topological polar surface area (TPSA) is 79.4 Å². The van der Waals surface area contributed by atoms with Crippen molar-refractivity contribution in [3.63, 3.8) is 0 Å². The molecule has 0 spiro atoms. The number of carbonyl (C=O) groups excluding carboxylic acids is 1. The molecule has 0 unspecified atom stereocenters. The summed E-state index contributed by atoms with van der Waals surface area (Å²) in [7, 11) is 0. The molecule has 4 rings (SSSR count). The highest BCUT2D eigenvalue weighted by molar-refractivity contribution is 6.31. The standard InChI is InChI=1S/C23H23ClFN5O2/c1-14(2)26-9-3-4-20(31)30-10-11-32-22-19(30)8-7-18-21(22)23(28-13-27-18)29-15-5-6-17(25)16(24)12-15/h3-8,12-14,26H,9-11H2,1-2H3,(H,27,28,29)/b4-3+. The van der Waals surface area contributed by atoms with E-state index in [0.29, 0.717) is 59.6 Å². The molecular formula is C23H23ClFN5O2. The monoisotopic (exact) mass is 455 g/mol. The Balaban J connectivity index is 1.68. The van der Waals surface area contributed by atoms with Crippen molar-refractivity contribution >= 4 is 45.6 Å². The third kappa shape index (κ3) is 4.66. The van der Waals surface area contributed by atoms with Gasteiger partial charge in [-0.3, -0.25) is 4.79 Å². The summed E-state index contributed by atoms with van der Waals surface area (Å²) in [6.07, 6.45) is 4.81. The average Bonchev–Trinajstić information content (AvgIpc) is 2.78. The van der Waals surface area contributed by atoms with Crippen molar-refractivity contribution < 1.29 is 13.9 Å². The highest BCUT2D eigenvalue weighted by Crippen LogP contribution is 2.41. The summed E-state index contributed by atoms with van der Waals surface area (Å²) in [6, 6.07) is 8.30. The molecule has 32 heavy (non-hydrogen) atoms. The predicted molar refractivity (Wildman–Crippen MR) is 124 cm³/mol. The van der Waals surface area contributed by atoms with Gasteiger partial charge in [0.05, 0.1) is 28.2 Å². The van der Waals surface area contributed by atoms with E-state index in [2.05, 4.69) is 20.6 Å². The van der Waals surface area contributed by atoms with E-state index < -0.39 is 5.82 Å². The zero-order chi connectivity index (χ0) is 22.7. The van der Waals surface area contributed by atoms with Crippen molar-refractivity contribution in [2.45, 2.75) is 19.9 Å². The van der Waals surface area contributed by atoms with Gasteiger partial charge in [-0.2, -0.15) is 0 Å². The van der Waals surface area contributed by atoms with Crippen molar-refractivity contribution in [2.75, 3.05) is 29.9 Å². The molecule has 166 valence electrons. The maximum absolute atomic E-state index is 13.5. The summed E-state index contributed by atoms with van der Waals surface area (Å²) in [5.41, 5.74) is 1.86. The Morgan fingerprint density at radius 3 is 2.94 bits per heavy atom. The fourth-order valence-electron chi connectivity index (χ4n) is 3.42. The van der Waals surface area contributed by atoms with Gasteiger partial charge in [0, 0.05) is 24.4 Å². The van der Waals surface area contributed by atoms with E-state index in [9.17, 15) is 9.18 Å². The lowest BCUT2D eigenvalue weighted by molar-refractivity contribution is -0.114. The average molecular weight is 456 g/mol. The molecule has 9 heteroatoms. The third-order valence-electron chi connectivity index (χ3n) is 4.94. The molecule has 1 amide bonds. The second-order valence-electron chi connectivity index (χ2n) is 7.59. The number of nitrogens with one attached hydrogen (secondary N) is 2. The number of rotatable bonds is 6. The minimum Gasteiger partial charge on any atom is -0.489 e. The number of aromatic nitrogens is 2. The first-order valence-corrected chi connectivity index (χ1v) is 10.7. The van der Waals surface area contributed by atoms with E-state index in [0.717, 1.165) is 0 Å². The van der Waals surface area contributed by atoms with Crippen molar-refractivity contribution in [3.05, 3.63) is 59.7 Å². The van der Waals surface area contributed by atoms with Gasteiger partial charge in [-0.05, 0) is 30.3 Å². The number of anilines is 3. The lowest BCUT2D eigenvalue weighted by Gasteiger charge is -2.30. The molecule has 0 atom stereocenters. The summed E-state index contributed by atoms with van der Waals surface area (Å²) in [6.45, 7) is 5.48. The Morgan fingerprint density at radius 1 is 1.31 bits per heavy atom. The summed E-state index contributed by atoms with van der Waals surface area (Å²) < 4.78 is 19.5. The maximum Gasteiger partial charge on any atom is 0.250 e. The maximum atomic E-state index is 13.5. The Kier molecular flexibility index (Phi) is 6.53. The lowest BCUT2D eigenvalue weighted by atomic mass is 10.1. The molecule has 0 saturated carbocycles. The second kappa shape index (κ2) is 9.50. The first kappa shape index (κ1) is 22.0. The van der Waals surface area contributed by atoms with E-state index >= 15 is 0 Å². The minimum atomic E-state index is -0.503. The van der Waals surface area contributed by atoms with Crippen LogP contribution in [0, 0.1) is 5.82 Å². The molecule has 2 aromatic carbocycles. The molecular weight excluding hydrogens is 433 g/mol. The van der Waals surface area contributed by atoms with Crippen molar-refractivity contribution in [2.24, 2.45) is 0 Å². The van der Waals surface area contributed by atoms with Crippen LogP contribution in [-0.4, -0.2) is 41.6 Å². The molecule has 3 aromatic rings. The van der Waals surface area contributed by atoms with Gasteiger partial charge in [0.25, 0.3) is 5.91 Å². The number of nitrogens with zero attached hydrogens (tertiary/aromatic N) is 3. The number of ether oxygens (including phenoxy) is 1. The zero-order valence-corrected chi connectivity index (χ0v) is 18.5. The SMILES string of the molecule is CC(C)NC/C=C/C(=O)N1CCOc2c1ccc1ncnc(Nc3ccc(F)c(Cl)c3)c21. The molecule has 0 saturated heterocycles. The largest absolute Gasteiger partial charge is 0.489 e. The fourth-order valence-corrected chi connectivity index (χ4v) is 3.60. The molecule has 1 aromatic heterocycles. The minimum absolute atomic E-state index is 0.00200. The van der Waals surface area contributed by atoms with Crippen LogP contribution >= 0.6 is 11.6 Å². The van der Waals surface area contributed by atoms with Crippen LogP contribution in [-0.2, 0) is 4.79 Å². The van der Waals surface area contributed by atoms with E-state index in [1.165, 1.54) is 18.5 Å². The van der Waals surface area contributed by atoms with Crippen LogP contribution in [0.3, 0.4) is 0 Å². The van der Waals surface area contributed by atoms with Gasteiger partial charge in [0.1, 0.15) is 24.6 Å². The van der Waals surface area contributed by atoms with Crippen LogP contribution in [0.1, 0.15) is 13.8 Å². The number of halogens is 2. The third-order valence-corrected chi connectivity index (χ3v) is 5.23. The molecule has 1 aliphatic rings. The highest BCUT2D eigenvalue weighted by atomic mass is 35.5. The molecule has 2 heterocycles. The van der Waals surface area contributed by atoms with Crippen LogP contribution < -0.4 is 20.3 Å². The first-order chi connectivity index (χ1) is 15.4. The van der Waals surface area contributed by atoms with Crippen molar-refractivity contribution in [3.8, 4) is 5.75 Å². The van der Waals surface area contributed by atoms with Gasteiger partial charge in [0.2, 0.25) is 0 Å². The normalized spacial score (nSPS) is 13.5. The van der Waals surface area contributed by atoms with Crippen molar-refractivity contribution in [1.29, 1.82) is 0 Å². The summed E-state index contributed by atoms with van der Waals surface area (Å²) in [5, 5.41) is 7.03. The number of amides is 1. The molecule has 7 nitrogen and oxygen atoms in total. The van der Waals surface area contributed by atoms with Gasteiger partial charge in [-0.25, -0.2) is 14.4 Å². The van der Waals surface area contributed by atoms with Crippen LogP contribution in [0.5, 0.6) is 5.75 Å². The number of fused-ring (bicyclic) bond motifs is 3. The van der Waals surface area contributed by atoms with E-state index in [1.54, 1.807) is 17.0 Å². The van der Waals surface area contributed by atoms with Crippen LogP contribution in [0.25, 0.3) is 10.9 Å². The summed E-state index contributed by atoms with van der Waals surface area (Å²) in [5.74, 6) is 0.361. The molecule has 0 fully saturated rings. The quantitative estimate of drug-likeness (QED) is 0.535. The number of hydrogen-bond acceptors (Lipinski definition) is 6. The molecule has 2 N–H and O–H groups in total. The zero-order valence-electron chi connectivity index (χ0n) is 17.7. The molecule has 0 aliphatic carbocycles. The Bertz CT molecular complexity index is 1180. The van der Waals surface area contributed by atoms with Crippen molar-refractivity contribution in [1.82, 2.24) is 15.3 Å². The molecule has 1 aliphatic heterocycles. The summed E-state index contributed by atoms with van der Waals surface area (Å²) >= 11 is 5.91. The Morgan fingerprint density at radius 2 is 2.16 bits per heavy atom.